The lowest BCUT2D eigenvalue weighted by atomic mass is 9.74. The van der Waals surface area contributed by atoms with Gasteiger partial charge in [-0.3, -0.25) is 14.4 Å². The number of hydrogen-bond acceptors (Lipinski definition) is 5. The molecule has 0 aromatic rings. The van der Waals surface area contributed by atoms with Crippen molar-refractivity contribution in [1.29, 1.82) is 0 Å². The zero-order valence-corrected chi connectivity index (χ0v) is 13.3. The van der Waals surface area contributed by atoms with E-state index < -0.39 is 47.7 Å². The van der Waals surface area contributed by atoms with Gasteiger partial charge in [-0.2, -0.15) is 0 Å². The van der Waals surface area contributed by atoms with Crippen molar-refractivity contribution in [2.24, 2.45) is 17.8 Å². The largest absolute Gasteiger partial charge is 0.481 e. The second kappa shape index (κ2) is 8.21. The fraction of sp³-hybridized carbons (Fsp3) is 0.688. The number of carboxylic acids is 2. The van der Waals surface area contributed by atoms with Crippen molar-refractivity contribution in [2.75, 3.05) is 0 Å². The summed E-state index contributed by atoms with van der Waals surface area (Å²) in [6, 6.07) is 0. The van der Waals surface area contributed by atoms with E-state index in [1.165, 1.54) is 6.08 Å². The Morgan fingerprint density at radius 1 is 1.17 bits per heavy atom. The second-order valence-corrected chi connectivity index (χ2v) is 5.96. The summed E-state index contributed by atoms with van der Waals surface area (Å²) >= 11 is 0. The number of allylic oxidation sites excluding steroid dienone is 1. The van der Waals surface area contributed by atoms with Gasteiger partial charge in [0.2, 0.25) is 0 Å². The predicted octanol–water partition coefficient (Wildman–Crippen LogP) is 0.835. The summed E-state index contributed by atoms with van der Waals surface area (Å²) in [6.07, 6.45) is -1.09. The SMILES string of the molecule is C/C=C1/CC(C(=O)O)C(C(=O)O)[C@H](CCC)[C@H](O)C(=O)C[C@@H]1O. The maximum absolute atomic E-state index is 12.1. The molecule has 0 spiro atoms. The number of aliphatic carboxylic acids is 2. The average molecular weight is 328 g/mol. The van der Waals surface area contributed by atoms with E-state index in [0.29, 0.717) is 12.0 Å². The monoisotopic (exact) mass is 328 g/mol. The maximum Gasteiger partial charge on any atom is 0.307 e. The van der Waals surface area contributed by atoms with Crippen molar-refractivity contribution in [3.8, 4) is 0 Å². The highest BCUT2D eigenvalue weighted by molar-refractivity contribution is 5.86. The number of Topliss-reactive ketones (excluding diaryl/α,β-unsaturated/α-hetero) is 1. The van der Waals surface area contributed by atoms with E-state index >= 15 is 0 Å². The third kappa shape index (κ3) is 4.39. The summed E-state index contributed by atoms with van der Waals surface area (Å²) in [5.74, 6) is -7.03. The summed E-state index contributed by atoms with van der Waals surface area (Å²) in [5.41, 5.74) is 0.307. The molecule has 1 aliphatic rings. The van der Waals surface area contributed by atoms with Crippen molar-refractivity contribution < 1.29 is 34.8 Å². The van der Waals surface area contributed by atoms with Gasteiger partial charge in [-0.25, -0.2) is 0 Å². The molecule has 0 saturated heterocycles. The fourth-order valence-electron chi connectivity index (χ4n) is 3.27. The van der Waals surface area contributed by atoms with E-state index in [0.717, 1.165) is 0 Å². The fourth-order valence-corrected chi connectivity index (χ4v) is 3.27. The van der Waals surface area contributed by atoms with Crippen LogP contribution in [0, 0.1) is 17.8 Å². The molecule has 2 unspecified atom stereocenters. The van der Waals surface area contributed by atoms with E-state index in [1.54, 1.807) is 13.8 Å². The molecule has 0 radical (unpaired) electrons. The number of carbonyl (C=O) groups is 3. The predicted molar refractivity (Wildman–Crippen MR) is 80.7 cm³/mol. The quantitative estimate of drug-likeness (QED) is 0.562. The van der Waals surface area contributed by atoms with E-state index in [1.807, 2.05) is 0 Å². The molecule has 4 N–H and O–H groups in total. The Kier molecular flexibility index (Phi) is 6.90. The average Bonchev–Trinajstić information content (AvgIpc) is 2.50. The molecule has 0 aromatic heterocycles. The highest BCUT2D eigenvalue weighted by Gasteiger charge is 2.46. The maximum atomic E-state index is 12.1. The van der Waals surface area contributed by atoms with Gasteiger partial charge >= 0.3 is 11.9 Å². The van der Waals surface area contributed by atoms with Crippen LogP contribution in [0.15, 0.2) is 11.6 Å². The molecular formula is C16H24O7. The number of aliphatic hydroxyl groups excluding tert-OH is 2. The molecular weight excluding hydrogens is 304 g/mol. The van der Waals surface area contributed by atoms with Crippen LogP contribution >= 0.6 is 0 Å². The molecule has 130 valence electrons. The van der Waals surface area contributed by atoms with Gasteiger partial charge in [-0.15, -0.1) is 0 Å². The first-order chi connectivity index (χ1) is 10.7. The minimum atomic E-state index is -1.59. The van der Waals surface area contributed by atoms with E-state index in [4.69, 9.17) is 0 Å². The Labute approximate surface area is 134 Å². The molecule has 5 atom stereocenters. The lowest BCUT2D eigenvalue weighted by Gasteiger charge is -2.30. The van der Waals surface area contributed by atoms with Gasteiger partial charge < -0.3 is 20.4 Å². The lowest BCUT2D eigenvalue weighted by Crippen LogP contribution is -2.43. The second-order valence-electron chi connectivity index (χ2n) is 5.96. The normalized spacial score (nSPS) is 34.5. The third-order valence-corrected chi connectivity index (χ3v) is 4.50. The van der Waals surface area contributed by atoms with Gasteiger partial charge in [-0.05, 0) is 25.3 Å². The van der Waals surface area contributed by atoms with Crippen LogP contribution in [0.1, 0.15) is 39.5 Å². The van der Waals surface area contributed by atoms with Crippen LogP contribution < -0.4 is 0 Å². The van der Waals surface area contributed by atoms with Crippen LogP contribution in [0.2, 0.25) is 0 Å². The van der Waals surface area contributed by atoms with Gasteiger partial charge in [-0.1, -0.05) is 19.4 Å². The van der Waals surface area contributed by atoms with Crippen molar-refractivity contribution in [1.82, 2.24) is 0 Å². The molecule has 1 fully saturated rings. The minimum Gasteiger partial charge on any atom is -0.481 e. The lowest BCUT2D eigenvalue weighted by molar-refractivity contribution is -0.159. The summed E-state index contributed by atoms with van der Waals surface area (Å²) in [4.78, 5) is 35.5. The van der Waals surface area contributed by atoms with Gasteiger partial charge in [0.15, 0.2) is 5.78 Å². The van der Waals surface area contributed by atoms with E-state index in [-0.39, 0.29) is 19.3 Å². The molecule has 0 bridgehead atoms. The molecule has 7 heteroatoms. The molecule has 1 rings (SSSR count). The van der Waals surface area contributed by atoms with Crippen LogP contribution in [-0.2, 0) is 14.4 Å². The van der Waals surface area contributed by atoms with Gasteiger partial charge in [0.1, 0.15) is 6.10 Å². The first-order valence-corrected chi connectivity index (χ1v) is 7.74. The molecule has 0 aliphatic heterocycles. The van der Waals surface area contributed by atoms with Crippen LogP contribution in [0.3, 0.4) is 0 Å². The topological polar surface area (TPSA) is 132 Å². The number of hydrogen-bond donors (Lipinski definition) is 4. The smallest absolute Gasteiger partial charge is 0.307 e. The van der Waals surface area contributed by atoms with Crippen LogP contribution in [0.4, 0.5) is 0 Å². The Morgan fingerprint density at radius 2 is 1.78 bits per heavy atom. The molecule has 1 saturated carbocycles. The molecule has 0 amide bonds. The van der Waals surface area contributed by atoms with Crippen LogP contribution in [0.25, 0.3) is 0 Å². The number of carbonyl (C=O) groups excluding carboxylic acids is 1. The minimum absolute atomic E-state index is 0.163. The first-order valence-electron chi connectivity index (χ1n) is 7.74. The van der Waals surface area contributed by atoms with Crippen molar-refractivity contribution in [2.45, 2.75) is 51.7 Å². The molecule has 1 aliphatic carbocycles. The highest BCUT2D eigenvalue weighted by atomic mass is 16.4. The molecule has 23 heavy (non-hydrogen) atoms. The number of ketones is 1. The zero-order chi connectivity index (χ0) is 17.7. The summed E-state index contributed by atoms with van der Waals surface area (Å²) in [7, 11) is 0. The van der Waals surface area contributed by atoms with Crippen molar-refractivity contribution in [3.05, 3.63) is 11.6 Å². The molecule has 0 heterocycles. The highest BCUT2D eigenvalue weighted by Crippen LogP contribution is 2.36. The van der Waals surface area contributed by atoms with Crippen LogP contribution in [-0.4, -0.2) is 50.4 Å². The third-order valence-electron chi connectivity index (χ3n) is 4.50. The van der Waals surface area contributed by atoms with E-state index in [9.17, 15) is 34.8 Å². The van der Waals surface area contributed by atoms with Crippen molar-refractivity contribution in [3.63, 3.8) is 0 Å². The summed E-state index contributed by atoms with van der Waals surface area (Å²) in [5, 5.41) is 39.3. The standard InChI is InChI=1S/C16H24O7/c1-3-5-9-13(16(22)23)10(15(20)21)6-8(4-2)11(17)7-12(18)14(9)19/h4,9-11,13-14,17,19H,3,5-7H2,1-2H3,(H,20,21)(H,22,23)/b8-4-/t9-,10?,11-,13?,14-/m0/s1. The summed E-state index contributed by atoms with van der Waals surface area (Å²) in [6.45, 7) is 3.36. The summed E-state index contributed by atoms with van der Waals surface area (Å²) < 4.78 is 0. The number of rotatable bonds is 4. The number of aliphatic hydroxyl groups is 2. The molecule has 7 nitrogen and oxygen atoms in total. The number of carboxylic acid groups (broad SMARTS) is 2. The first kappa shape index (κ1) is 19.3. The van der Waals surface area contributed by atoms with Gasteiger partial charge in [0, 0.05) is 12.3 Å². The van der Waals surface area contributed by atoms with Crippen LogP contribution in [0.5, 0.6) is 0 Å². The molecule has 0 aromatic carbocycles. The Hall–Kier alpha value is -1.73. The Bertz CT molecular complexity index is 497. The van der Waals surface area contributed by atoms with Gasteiger partial charge in [0.05, 0.1) is 17.9 Å². The van der Waals surface area contributed by atoms with E-state index in [2.05, 4.69) is 0 Å². The zero-order valence-electron chi connectivity index (χ0n) is 13.3. The van der Waals surface area contributed by atoms with Gasteiger partial charge in [0.25, 0.3) is 0 Å². The Balaban J connectivity index is 3.42. The van der Waals surface area contributed by atoms with Crippen molar-refractivity contribution >= 4 is 17.7 Å². The Morgan fingerprint density at radius 3 is 2.22 bits per heavy atom.